The standard InChI is InChI=1S/C13H17ClN2.C2H6/c1-8(2)13-10-6-16(7-11(10)13)9-3-4-12(14)15-5-9;1-2/h3-5,8,10-11,13H,6-7H2,1-2H3;1-2H3. The number of pyridine rings is 1. The molecule has 0 radical (unpaired) electrons. The van der Waals surface area contributed by atoms with Crippen LogP contribution >= 0.6 is 11.6 Å². The summed E-state index contributed by atoms with van der Waals surface area (Å²) in [6, 6.07) is 3.95. The first-order valence-electron chi connectivity index (χ1n) is 7.03. The van der Waals surface area contributed by atoms with E-state index in [0.717, 1.165) is 23.7 Å². The van der Waals surface area contributed by atoms with Crippen LogP contribution in [0.3, 0.4) is 0 Å². The van der Waals surface area contributed by atoms with E-state index in [0.29, 0.717) is 5.15 Å². The van der Waals surface area contributed by atoms with Gasteiger partial charge in [-0.05, 0) is 35.8 Å². The summed E-state index contributed by atoms with van der Waals surface area (Å²) in [6.45, 7) is 11.1. The molecule has 1 aliphatic carbocycles. The molecule has 100 valence electrons. The van der Waals surface area contributed by atoms with Crippen LogP contribution in [-0.2, 0) is 0 Å². The molecule has 0 N–H and O–H groups in total. The third-order valence-corrected chi connectivity index (χ3v) is 4.33. The molecule has 0 amide bonds. The molecule has 2 fully saturated rings. The highest BCUT2D eigenvalue weighted by Crippen LogP contribution is 2.55. The molecule has 2 heterocycles. The molecule has 0 aromatic carbocycles. The zero-order valence-electron chi connectivity index (χ0n) is 11.7. The fourth-order valence-electron chi connectivity index (χ4n) is 3.33. The monoisotopic (exact) mass is 266 g/mol. The maximum absolute atomic E-state index is 5.79. The van der Waals surface area contributed by atoms with Crippen molar-refractivity contribution < 1.29 is 0 Å². The van der Waals surface area contributed by atoms with Crippen LogP contribution in [0, 0.1) is 23.7 Å². The first kappa shape index (κ1) is 13.7. The number of nitrogens with zero attached hydrogens (tertiary/aromatic N) is 2. The molecule has 1 aliphatic heterocycles. The minimum Gasteiger partial charge on any atom is -0.370 e. The lowest BCUT2D eigenvalue weighted by Crippen LogP contribution is -2.25. The van der Waals surface area contributed by atoms with Gasteiger partial charge in [0.05, 0.1) is 11.9 Å². The van der Waals surface area contributed by atoms with Gasteiger partial charge in [-0.25, -0.2) is 4.98 Å². The SMILES string of the molecule is CC.CC(C)C1C2CN(c3ccc(Cl)nc3)CC21. The predicted molar refractivity (Wildman–Crippen MR) is 78.1 cm³/mol. The second kappa shape index (κ2) is 5.48. The summed E-state index contributed by atoms with van der Waals surface area (Å²) < 4.78 is 0. The number of hydrogen-bond acceptors (Lipinski definition) is 2. The van der Waals surface area contributed by atoms with Gasteiger partial charge in [-0.3, -0.25) is 0 Å². The van der Waals surface area contributed by atoms with Crippen LogP contribution in [0.5, 0.6) is 0 Å². The number of aromatic nitrogens is 1. The maximum atomic E-state index is 5.79. The molecule has 1 aromatic rings. The number of hydrogen-bond donors (Lipinski definition) is 0. The van der Waals surface area contributed by atoms with Crippen LogP contribution in [0.25, 0.3) is 0 Å². The molecule has 0 bridgehead atoms. The zero-order chi connectivity index (χ0) is 13.3. The topological polar surface area (TPSA) is 16.1 Å². The third kappa shape index (κ3) is 2.49. The Bertz CT molecular complexity index is 376. The molecule has 0 spiro atoms. The molecule has 2 unspecified atom stereocenters. The van der Waals surface area contributed by atoms with Crippen molar-refractivity contribution in [3.8, 4) is 0 Å². The Kier molecular flexibility index (Phi) is 4.16. The van der Waals surface area contributed by atoms with E-state index in [1.807, 2.05) is 26.1 Å². The van der Waals surface area contributed by atoms with Gasteiger partial charge in [-0.15, -0.1) is 0 Å². The Morgan fingerprint density at radius 2 is 1.83 bits per heavy atom. The van der Waals surface area contributed by atoms with Gasteiger partial charge < -0.3 is 4.90 Å². The van der Waals surface area contributed by atoms with Gasteiger partial charge in [-0.1, -0.05) is 39.3 Å². The lowest BCUT2D eigenvalue weighted by molar-refractivity contribution is 0.480. The fraction of sp³-hybridized carbons (Fsp3) is 0.667. The second-order valence-electron chi connectivity index (χ2n) is 5.39. The summed E-state index contributed by atoms with van der Waals surface area (Å²) in [5.74, 6) is 3.67. The molecule has 1 saturated heterocycles. The molecule has 3 rings (SSSR count). The van der Waals surface area contributed by atoms with E-state index < -0.39 is 0 Å². The fourth-order valence-corrected chi connectivity index (χ4v) is 3.44. The van der Waals surface area contributed by atoms with Crippen LogP contribution in [0.2, 0.25) is 5.15 Å². The summed E-state index contributed by atoms with van der Waals surface area (Å²) in [7, 11) is 0. The largest absolute Gasteiger partial charge is 0.370 e. The molecule has 2 aliphatic rings. The lowest BCUT2D eigenvalue weighted by Gasteiger charge is -2.22. The maximum Gasteiger partial charge on any atom is 0.129 e. The first-order valence-corrected chi connectivity index (χ1v) is 7.41. The van der Waals surface area contributed by atoms with Gasteiger partial charge in [0.1, 0.15) is 5.15 Å². The molecule has 18 heavy (non-hydrogen) atoms. The third-order valence-electron chi connectivity index (χ3n) is 4.11. The van der Waals surface area contributed by atoms with Crippen molar-refractivity contribution >= 4 is 17.3 Å². The predicted octanol–water partition coefficient (Wildman–Crippen LogP) is 4.10. The van der Waals surface area contributed by atoms with Crippen molar-refractivity contribution in [3.05, 3.63) is 23.5 Å². The number of rotatable bonds is 2. The molecule has 2 atom stereocenters. The molecule has 2 nitrogen and oxygen atoms in total. The Hall–Kier alpha value is -0.760. The molecule has 1 saturated carbocycles. The van der Waals surface area contributed by atoms with Crippen LogP contribution in [0.1, 0.15) is 27.7 Å². The van der Waals surface area contributed by atoms with Gasteiger partial charge in [0.25, 0.3) is 0 Å². The number of anilines is 1. The molecule has 1 aromatic heterocycles. The number of halogens is 1. The summed E-state index contributed by atoms with van der Waals surface area (Å²) in [5, 5.41) is 0.577. The van der Waals surface area contributed by atoms with Crippen molar-refractivity contribution in [1.29, 1.82) is 0 Å². The minimum absolute atomic E-state index is 0.577. The van der Waals surface area contributed by atoms with E-state index in [9.17, 15) is 0 Å². The average Bonchev–Trinajstić information content (AvgIpc) is 2.89. The number of fused-ring (bicyclic) bond motifs is 1. The lowest BCUT2D eigenvalue weighted by atomic mass is 10.0. The van der Waals surface area contributed by atoms with E-state index >= 15 is 0 Å². The summed E-state index contributed by atoms with van der Waals surface area (Å²) in [6.07, 6.45) is 1.89. The van der Waals surface area contributed by atoms with E-state index in [1.54, 1.807) is 0 Å². The zero-order valence-corrected chi connectivity index (χ0v) is 12.5. The van der Waals surface area contributed by atoms with Gasteiger partial charge in [0, 0.05) is 13.1 Å². The van der Waals surface area contributed by atoms with Crippen LogP contribution in [0.4, 0.5) is 5.69 Å². The van der Waals surface area contributed by atoms with Crippen molar-refractivity contribution in [1.82, 2.24) is 4.98 Å². The second-order valence-corrected chi connectivity index (χ2v) is 5.78. The Labute approximate surface area is 115 Å². The quantitative estimate of drug-likeness (QED) is 0.750. The highest BCUT2D eigenvalue weighted by Gasteiger charge is 2.56. The van der Waals surface area contributed by atoms with E-state index in [1.165, 1.54) is 18.8 Å². The summed E-state index contributed by atoms with van der Waals surface area (Å²) in [5.41, 5.74) is 1.22. The molecule has 3 heteroatoms. The van der Waals surface area contributed by atoms with Gasteiger partial charge in [0.15, 0.2) is 0 Å². The highest BCUT2D eigenvalue weighted by atomic mass is 35.5. The highest BCUT2D eigenvalue weighted by molar-refractivity contribution is 6.29. The van der Waals surface area contributed by atoms with Gasteiger partial charge in [0.2, 0.25) is 0 Å². The van der Waals surface area contributed by atoms with Gasteiger partial charge >= 0.3 is 0 Å². The summed E-state index contributed by atoms with van der Waals surface area (Å²) in [4.78, 5) is 6.58. The number of piperidine rings is 1. The van der Waals surface area contributed by atoms with Crippen LogP contribution < -0.4 is 4.90 Å². The van der Waals surface area contributed by atoms with Crippen molar-refractivity contribution in [3.63, 3.8) is 0 Å². The van der Waals surface area contributed by atoms with Crippen molar-refractivity contribution in [2.24, 2.45) is 23.7 Å². The normalized spacial score (nSPS) is 28.8. The summed E-state index contributed by atoms with van der Waals surface area (Å²) >= 11 is 5.79. The van der Waals surface area contributed by atoms with E-state index in [-0.39, 0.29) is 0 Å². The van der Waals surface area contributed by atoms with Crippen LogP contribution in [0.15, 0.2) is 18.3 Å². The Morgan fingerprint density at radius 3 is 2.28 bits per heavy atom. The van der Waals surface area contributed by atoms with Crippen LogP contribution in [-0.4, -0.2) is 18.1 Å². The smallest absolute Gasteiger partial charge is 0.129 e. The molecular weight excluding hydrogens is 244 g/mol. The van der Waals surface area contributed by atoms with Crippen molar-refractivity contribution in [2.45, 2.75) is 27.7 Å². The van der Waals surface area contributed by atoms with Crippen molar-refractivity contribution in [2.75, 3.05) is 18.0 Å². The first-order chi connectivity index (χ1) is 8.66. The minimum atomic E-state index is 0.577. The van der Waals surface area contributed by atoms with E-state index in [4.69, 9.17) is 11.6 Å². The molecular formula is C15H23ClN2. The average molecular weight is 267 g/mol. The van der Waals surface area contributed by atoms with E-state index in [2.05, 4.69) is 29.8 Å². The Morgan fingerprint density at radius 1 is 1.22 bits per heavy atom. The Balaban J connectivity index is 0.000000574. The van der Waals surface area contributed by atoms with Gasteiger partial charge in [-0.2, -0.15) is 0 Å².